The number of aliphatic hydroxyl groups excluding tert-OH is 2. The van der Waals surface area contributed by atoms with Crippen LogP contribution in [-0.2, 0) is 14.3 Å². The Hall–Kier alpha value is -0.510. The number of imide groups is 1. The Morgan fingerprint density at radius 1 is 1.53 bits per heavy atom. The predicted octanol–water partition coefficient (Wildman–Crippen LogP) is -0.911. The van der Waals surface area contributed by atoms with Crippen LogP contribution in [0.3, 0.4) is 0 Å². The summed E-state index contributed by atoms with van der Waals surface area (Å²) >= 11 is 1.84. The van der Waals surface area contributed by atoms with E-state index in [1.165, 1.54) is 0 Å². The second-order valence-electron chi connectivity index (χ2n) is 4.06. The molecule has 2 rings (SSSR count). The fourth-order valence-electron chi connectivity index (χ4n) is 2.00. The molecule has 0 spiro atoms. The Labute approximate surface area is 111 Å². The van der Waals surface area contributed by atoms with E-state index in [2.05, 4.69) is 5.32 Å². The molecule has 1 saturated heterocycles. The fourth-order valence-corrected chi connectivity index (χ4v) is 2.52. The summed E-state index contributed by atoms with van der Waals surface area (Å²) in [7, 11) is 0. The summed E-state index contributed by atoms with van der Waals surface area (Å²) in [6.45, 7) is -0.286. The highest BCUT2D eigenvalue weighted by Gasteiger charge is 2.41. The van der Waals surface area contributed by atoms with Gasteiger partial charge in [-0.15, -0.1) is 0 Å². The number of halogens is 1. The highest BCUT2D eigenvalue weighted by Crippen LogP contribution is 2.30. The van der Waals surface area contributed by atoms with E-state index >= 15 is 0 Å². The maximum absolute atomic E-state index is 11.6. The van der Waals surface area contributed by atoms with Gasteiger partial charge in [-0.3, -0.25) is 14.9 Å². The van der Waals surface area contributed by atoms with Gasteiger partial charge in [0, 0.05) is 6.42 Å². The van der Waals surface area contributed by atoms with Crippen LogP contribution in [-0.4, -0.2) is 46.9 Å². The van der Waals surface area contributed by atoms with Crippen molar-refractivity contribution in [2.24, 2.45) is 5.92 Å². The first-order valence-electron chi connectivity index (χ1n) is 5.20. The van der Waals surface area contributed by atoms with Gasteiger partial charge in [0.15, 0.2) is 0 Å². The molecule has 2 aliphatic rings. The number of carbonyl (C=O) groups is 2. The summed E-state index contributed by atoms with van der Waals surface area (Å²) in [5.41, 5.74) is 0. The number of ether oxygens (including phenoxy) is 1. The Kier molecular flexibility index (Phi) is 3.81. The number of nitrogens with one attached hydrogen (secondary N) is 1. The van der Waals surface area contributed by atoms with Crippen LogP contribution in [0.1, 0.15) is 6.42 Å². The minimum atomic E-state index is -0.776. The van der Waals surface area contributed by atoms with Gasteiger partial charge in [0.2, 0.25) is 5.91 Å². The van der Waals surface area contributed by atoms with Gasteiger partial charge in [-0.2, -0.15) is 0 Å². The molecule has 94 valence electrons. The minimum Gasteiger partial charge on any atom is -0.394 e. The van der Waals surface area contributed by atoms with E-state index in [4.69, 9.17) is 9.84 Å². The normalized spacial score (nSPS) is 37.9. The highest BCUT2D eigenvalue weighted by atomic mass is 127. The van der Waals surface area contributed by atoms with Gasteiger partial charge in [-0.25, -0.2) is 0 Å². The minimum absolute atomic E-state index is 0.276. The van der Waals surface area contributed by atoms with Crippen molar-refractivity contribution in [1.29, 1.82) is 0 Å². The van der Waals surface area contributed by atoms with Crippen molar-refractivity contribution in [2.45, 2.75) is 24.7 Å². The lowest BCUT2D eigenvalue weighted by Gasteiger charge is -2.23. The maximum atomic E-state index is 11.6. The second-order valence-corrected chi connectivity index (χ2v) is 5.22. The number of aliphatic hydroxyl groups is 2. The molecule has 0 aromatic rings. The van der Waals surface area contributed by atoms with Crippen molar-refractivity contribution in [3.05, 3.63) is 9.66 Å². The van der Waals surface area contributed by atoms with Gasteiger partial charge in [0.1, 0.15) is 6.10 Å². The first-order valence-corrected chi connectivity index (χ1v) is 6.27. The van der Waals surface area contributed by atoms with Gasteiger partial charge in [-0.05, 0) is 22.6 Å². The van der Waals surface area contributed by atoms with Crippen molar-refractivity contribution in [2.75, 3.05) is 6.61 Å². The van der Waals surface area contributed by atoms with Gasteiger partial charge < -0.3 is 14.9 Å². The molecule has 4 unspecified atom stereocenters. The lowest BCUT2D eigenvalue weighted by Crippen LogP contribution is -2.43. The lowest BCUT2D eigenvalue weighted by molar-refractivity contribution is -0.134. The zero-order valence-electron chi connectivity index (χ0n) is 8.80. The monoisotopic (exact) mass is 353 g/mol. The van der Waals surface area contributed by atoms with Crippen LogP contribution in [0.15, 0.2) is 9.66 Å². The van der Waals surface area contributed by atoms with Crippen LogP contribution < -0.4 is 5.32 Å². The lowest BCUT2D eigenvalue weighted by atomic mass is 9.95. The fraction of sp³-hybridized carbons (Fsp3) is 0.600. The summed E-state index contributed by atoms with van der Waals surface area (Å²) in [6, 6.07) is 0. The smallest absolute Gasteiger partial charge is 0.263 e. The summed E-state index contributed by atoms with van der Waals surface area (Å²) in [4.78, 5) is 22.8. The van der Waals surface area contributed by atoms with Crippen LogP contribution in [0.5, 0.6) is 0 Å². The third-order valence-electron chi connectivity index (χ3n) is 2.92. The SMILES string of the molecule is O=C1NC(=O)C(C2CC(O)C(CO)O2)C=C1I. The molecule has 3 N–H and O–H groups in total. The molecule has 7 heteroatoms. The molecular weight excluding hydrogens is 341 g/mol. The Morgan fingerprint density at radius 3 is 2.82 bits per heavy atom. The molecule has 2 amide bonds. The van der Waals surface area contributed by atoms with Crippen molar-refractivity contribution in [1.82, 2.24) is 5.32 Å². The van der Waals surface area contributed by atoms with Crippen molar-refractivity contribution in [3.8, 4) is 0 Å². The van der Waals surface area contributed by atoms with Crippen LogP contribution in [0.4, 0.5) is 0 Å². The van der Waals surface area contributed by atoms with E-state index in [9.17, 15) is 14.7 Å². The summed E-state index contributed by atoms with van der Waals surface area (Å²) in [6.07, 6.45) is -0.116. The van der Waals surface area contributed by atoms with Gasteiger partial charge in [0.25, 0.3) is 5.91 Å². The molecule has 6 nitrogen and oxygen atoms in total. The van der Waals surface area contributed by atoms with E-state index in [0.29, 0.717) is 3.58 Å². The van der Waals surface area contributed by atoms with E-state index in [1.54, 1.807) is 6.08 Å². The Morgan fingerprint density at radius 2 is 2.24 bits per heavy atom. The summed E-state index contributed by atoms with van der Waals surface area (Å²) in [5, 5.41) is 20.8. The van der Waals surface area contributed by atoms with Gasteiger partial charge >= 0.3 is 0 Å². The number of hydrogen-bond acceptors (Lipinski definition) is 5. The molecule has 2 aliphatic heterocycles. The first kappa shape index (κ1) is 12.9. The third-order valence-corrected chi connectivity index (χ3v) is 3.76. The highest BCUT2D eigenvalue weighted by molar-refractivity contribution is 14.1. The third kappa shape index (κ3) is 2.51. The van der Waals surface area contributed by atoms with E-state index in [1.807, 2.05) is 22.6 Å². The zero-order chi connectivity index (χ0) is 12.6. The van der Waals surface area contributed by atoms with Gasteiger partial charge in [-0.1, -0.05) is 6.08 Å². The van der Waals surface area contributed by atoms with Gasteiger partial charge in [0.05, 0.1) is 28.3 Å². The zero-order valence-corrected chi connectivity index (χ0v) is 11.0. The van der Waals surface area contributed by atoms with Crippen LogP contribution in [0.25, 0.3) is 0 Å². The average molecular weight is 353 g/mol. The first-order chi connectivity index (χ1) is 8.02. The molecule has 0 aliphatic carbocycles. The second kappa shape index (κ2) is 5.01. The molecule has 0 aromatic heterocycles. The van der Waals surface area contributed by atoms with Crippen molar-refractivity contribution < 1.29 is 24.5 Å². The summed E-state index contributed by atoms with van der Waals surface area (Å²) in [5.74, 6) is -1.43. The average Bonchev–Trinajstić information content (AvgIpc) is 2.65. The van der Waals surface area contributed by atoms with E-state index in [0.717, 1.165) is 0 Å². The van der Waals surface area contributed by atoms with Crippen LogP contribution >= 0.6 is 22.6 Å². The largest absolute Gasteiger partial charge is 0.394 e. The molecule has 0 bridgehead atoms. The molecule has 2 heterocycles. The molecule has 1 fully saturated rings. The molecule has 0 saturated carbocycles. The number of amides is 2. The Balaban J connectivity index is 2.13. The molecule has 0 radical (unpaired) electrons. The predicted molar refractivity (Wildman–Crippen MR) is 65.1 cm³/mol. The van der Waals surface area contributed by atoms with Crippen LogP contribution in [0, 0.1) is 5.92 Å². The quantitative estimate of drug-likeness (QED) is 0.441. The standard InChI is InChI=1S/C10H12INO5/c11-5-1-4(9(15)12-10(5)16)7-2-6(14)8(3-13)17-7/h1,4,6-8,13-14H,2-3H2,(H,12,15,16). The Bertz CT molecular complexity index is 383. The number of carbonyl (C=O) groups excluding carboxylic acids is 2. The summed E-state index contributed by atoms with van der Waals surface area (Å²) < 4.78 is 5.82. The maximum Gasteiger partial charge on any atom is 0.263 e. The number of rotatable bonds is 2. The number of hydrogen-bond donors (Lipinski definition) is 3. The van der Waals surface area contributed by atoms with Crippen molar-refractivity contribution in [3.63, 3.8) is 0 Å². The molecule has 17 heavy (non-hydrogen) atoms. The van der Waals surface area contributed by atoms with Crippen LogP contribution in [0.2, 0.25) is 0 Å². The van der Waals surface area contributed by atoms with Crippen molar-refractivity contribution >= 4 is 34.4 Å². The van der Waals surface area contributed by atoms with E-state index < -0.39 is 36.0 Å². The van der Waals surface area contributed by atoms with E-state index in [-0.39, 0.29) is 13.0 Å². The molecular formula is C10H12INO5. The molecule has 0 aromatic carbocycles. The topological polar surface area (TPSA) is 95.9 Å². The molecule has 4 atom stereocenters.